The molecule has 9 heteroatoms. The number of fused-ring (bicyclic) bond motifs is 6. The number of rotatable bonds is 3. The molecule has 27 heavy (non-hydrogen) atoms. The summed E-state index contributed by atoms with van der Waals surface area (Å²) in [6, 6.07) is 0.499. The molecule has 0 amide bonds. The van der Waals surface area contributed by atoms with Crippen molar-refractivity contribution < 1.29 is 4.74 Å². The van der Waals surface area contributed by atoms with Crippen LogP contribution in [0.15, 0.2) is 23.8 Å². The minimum Gasteiger partial charge on any atom is -0.375 e. The molecule has 2 saturated carbocycles. The summed E-state index contributed by atoms with van der Waals surface area (Å²) in [7, 11) is 1.75. The van der Waals surface area contributed by atoms with E-state index >= 15 is 0 Å². The number of methoxy groups -OCH3 is 1. The molecule has 2 aromatic heterocycles. The van der Waals surface area contributed by atoms with E-state index in [1.165, 1.54) is 38.5 Å². The van der Waals surface area contributed by atoms with Crippen LogP contribution in [0.1, 0.15) is 56.4 Å². The van der Waals surface area contributed by atoms with Gasteiger partial charge in [0, 0.05) is 19.1 Å². The topological polar surface area (TPSA) is 85.4 Å². The fourth-order valence-corrected chi connectivity index (χ4v) is 5.11. The van der Waals surface area contributed by atoms with E-state index in [9.17, 15) is 0 Å². The Balaban J connectivity index is 1.36. The molecule has 2 aliphatic carbocycles. The Morgan fingerprint density at radius 2 is 2.11 bits per heavy atom. The molecule has 4 atom stereocenters. The lowest BCUT2D eigenvalue weighted by molar-refractivity contribution is 0.0810. The molecule has 1 N–H and O–H groups in total. The van der Waals surface area contributed by atoms with Gasteiger partial charge in [-0.2, -0.15) is 4.68 Å². The molecule has 4 heterocycles. The van der Waals surface area contributed by atoms with E-state index in [0.29, 0.717) is 17.9 Å². The van der Waals surface area contributed by atoms with Crippen LogP contribution in [0, 0.1) is 11.8 Å². The largest absolute Gasteiger partial charge is 0.375 e. The summed E-state index contributed by atoms with van der Waals surface area (Å²) in [6.07, 6.45) is 13.4. The Kier molecular flexibility index (Phi) is 3.35. The van der Waals surface area contributed by atoms with Gasteiger partial charge < -0.3 is 9.30 Å². The number of aromatic nitrogens is 5. The van der Waals surface area contributed by atoms with Crippen molar-refractivity contribution in [2.75, 3.05) is 12.0 Å². The molecule has 2 fully saturated rings. The first-order valence-electron chi connectivity index (χ1n) is 9.95. The second-order valence-corrected chi connectivity index (χ2v) is 8.11. The van der Waals surface area contributed by atoms with Crippen molar-refractivity contribution in [3.8, 4) is 0 Å². The summed E-state index contributed by atoms with van der Waals surface area (Å²) in [4.78, 5) is 6.67. The van der Waals surface area contributed by atoms with Crippen LogP contribution in [0.2, 0.25) is 0 Å². The second kappa shape index (κ2) is 5.79. The average Bonchev–Trinajstić information content (AvgIpc) is 3.12. The van der Waals surface area contributed by atoms with Crippen molar-refractivity contribution in [1.82, 2.24) is 30.0 Å². The lowest BCUT2D eigenvalue weighted by atomic mass is 9.80. The molecular weight excluding hydrogens is 344 g/mol. The highest BCUT2D eigenvalue weighted by Gasteiger charge is 2.47. The van der Waals surface area contributed by atoms with E-state index in [4.69, 9.17) is 4.74 Å². The quantitative estimate of drug-likeness (QED) is 0.890. The van der Waals surface area contributed by atoms with Gasteiger partial charge in [-0.05, 0) is 31.6 Å². The minimum atomic E-state index is 0.0270. The molecule has 0 spiro atoms. The minimum absolute atomic E-state index is 0.0270. The Morgan fingerprint density at radius 1 is 1.22 bits per heavy atom. The van der Waals surface area contributed by atoms with Gasteiger partial charge in [-0.3, -0.25) is 10.3 Å². The Labute approximate surface area is 157 Å². The average molecular weight is 368 g/mol. The van der Waals surface area contributed by atoms with Crippen LogP contribution in [0.5, 0.6) is 0 Å². The van der Waals surface area contributed by atoms with Gasteiger partial charge in [0.25, 0.3) is 5.96 Å². The van der Waals surface area contributed by atoms with E-state index in [0.717, 1.165) is 17.5 Å². The number of nitrogens with one attached hydrogen (secondary N) is 1. The number of imidazole rings is 1. The van der Waals surface area contributed by atoms with Gasteiger partial charge in [-0.1, -0.05) is 18.1 Å². The number of hydrogen-bond acceptors (Lipinski definition) is 7. The third kappa shape index (κ3) is 2.27. The monoisotopic (exact) mass is 368 g/mol. The highest BCUT2D eigenvalue weighted by molar-refractivity contribution is 5.98. The molecule has 2 aliphatic heterocycles. The third-order valence-electron chi connectivity index (χ3n) is 6.54. The standard InChI is InChI=1S/C18H24N8O/c1-27-16(11-6-7-11)13-9-25(23-20-13)18-22-21-17-12-4-2-3-5-14(12)24-10-19-8-15(24)26(17)18/h8-12,14,16-17,21H,2-7H2,1H3. The normalized spacial score (nSPS) is 30.2. The second-order valence-electron chi connectivity index (χ2n) is 8.11. The van der Waals surface area contributed by atoms with Crippen molar-refractivity contribution in [1.29, 1.82) is 0 Å². The van der Waals surface area contributed by atoms with Crippen molar-refractivity contribution in [2.45, 2.75) is 56.8 Å². The molecule has 2 aromatic rings. The van der Waals surface area contributed by atoms with Crippen LogP contribution in [-0.2, 0) is 4.74 Å². The van der Waals surface area contributed by atoms with Crippen LogP contribution < -0.4 is 10.3 Å². The lowest BCUT2D eigenvalue weighted by Gasteiger charge is -2.45. The highest BCUT2D eigenvalue weighted by atomic mass is 16.5. The van der Waals surface area contributed by atoms with E-state index in [1.54, 1.807) is 11.8 Å². The predicted molar refractivity (Wildman–Crippen MR) is 98.0 cm³/mol. The lowest BCUT2D eigenvalue weighted by Crippen LogP contribution is -2.54. The summed E-state index contributed by atoms with van der Waals surface area (Å²) < 4.78 is 9.76. The zero-order valence-corrected chi connectivity index (χ0v) is 15.4. The van der Waals surface area contributed by atoms with Crippen LogP contribution in [-0.4, -0.2) is 43.8 Å². The summed E-state index contributed by atoms with van der Waals surface area (Å²) >= 11 is 0. The van der Waals surface area contributed by atoms with Crippen LogP contribution in [0.25, 0.3) is 0 Å². The first kappa shape index (κ1) is 15.6. The van der Waals surface area contributed by atoms with Gasteiger partial charge in [-0.25, -0.2) is 4.98 Å². The SMILES string of the molecule is COC(c1cn(C2=NNC3C4CCCCC4n4cncc4N23)nn1)C1CC1. The molecule has 0 saturated heterocycles. The number of anilines is 1. The van der Waals surface area contributed by atoms with Crippen molar-refractivity contribution in [3.05, 3.63) is 24.4 Å². The zero-order valence-electron chi connectivity index (χ0n) is 15.4. The van der Waals surface area contributed by atoms with E-state index in [1.807, 2.05) is 18.7 Å². The van der Waals surface area contributed by atoms with Crippen molar-refractivity contribution in [3.63, 3.8) is 0 Å². The van der Waals surface area contributed by atoms with Gasteiger partial charge in [0.15, 0.2) is 0 Å². The van der Waals surface area contributed by atoms with Gasteiger partial charge in [0.2, 0.25) is 0 Å². The summed E-state index contributed by atoms with van der Waals surface area (Å²) in [5.74, 6) is 2.92. The maximum absolute atomic E-state index is 5.66. The van der Waals surface area contributed by atoms with Crippen LogP contribution in [0.3, 0.4) is 0 Å². The molecule has 6 rings (SSSR count). The van der Waals surface area contributed by atoms with Gasteiger partial charge >= 0.3 is 0 Å². The highest BCUT2D eigenvalue weighted by Crippen LogP contribution is 2.45. The van der Waals surface area contributed by atoms with Crippen LogP contribution in [0.4, 0.5) is 5.82 Å². The Morgan fingerprint density at radius 3 is 2.96 bits per heavy atom. The smallest absolute Gasteiger partial charge is 0.252 e. The van der Waals surface area contributed by atoms with Crippen molar-refractivity contribution in [2.24, 2.45) is 16.9 Å². The van der Waals surface area contributed by atoms with Crippen LogP contribution >= 0.6 is 0 Å². The Hall–Kier alpha value is -2.42. The first-order chi connectivity index (χ1) is 13.3. The third-order valence-corrected chi connectivity index (χ3v) is 6.54. The molecule has 142 valence electrons. The number of nitrogens with zero attached hydrogens (tertiary/aromatic N) is 7. The number of hydrogen-bond donors (Lipinski definition) is 1. The fourth-order valence-electron chi connectivity index (χ4n) is 5.11. The van der Waals surface area contributed by atoms with Gasteiger partial charge in [0.05, 0.1) is 18.7 Å². The number of hydrazone groups is 1. The van der Waals surface area contributed by atoms with Crippen molar-refractivity contribution >= 4 is 11.8 Å². The molecule has 0 radical (unpaired) electrons. The summed E-state index contributed by atoms with van der Waals surface area (Å²) in [6.45, 7) is 0. The number of ether oxygens (including phenoxy) is 1. The Bertz CT molecular complexity index is 884. The van der Waals surface area contributed by atoms with E-state index < -0.39 is 0 Å². The molecule has 9 nitrogen and oxygen atoms in total. The maximum atomic E-state index is 5.66. The zero-order chi connectivity index (χ0) is 18.0. The fraction of sp³-hybridized carbons (Fsp3) is 0.667. The summed E-state index contributed by atoms with van der Waals surface area (Å²) in [5.41, 5.74) is 4.26. The summed E-state index contributed by atoms with van der Waals surface area (Å²) in [5, 5.41) is 13.4. The van der Waals surface area contributed by atoms with Gasteiger partial charge in [-0.15, -0.1) is 10.2 Å². The van der Waals surface area contributed by atoms with E-state index in [2.05, 4.69) is 35.3 Å². The maximum Gasteiger partial charge on any atom is 0.252 e. The van der Waals surface area contributed by atoms with Gasteiger partial charge in [0.1, 0.15) is 23.8 Å². The molecule has 0 aromatic carbocycles. The molecule has 4 unspecified atom stereocenters. The van der Waals surface area contributed by atoms with E-state index in [-0.39, 0.29) is 12.3 Å². The molecule has 0 bridgehead atoms. The first-order valence-corrected chi connectivity index (χ1v) is 9.95. The molecular formula is C18H24N8O. The predicted octanol–water partition coefficient (Wildman–Crippen LogP) is 1.87. The molecule has 4 aliphatic rings.